The fourth-order valence-electron chi connectivity index (χ4n) is 7.43. The van der Waals surface area contributed by atoms with Crippen LogP contribution in [0.1, 0.15) is 219 Å². The fourth-order valence-corrected chi connectivity index (χ4v) is 7.43. The Morgan fingerprint density at radius 3 is 1.14 bits per heavy atom. The molecule has 1 saturated heterocycles. The summed E-state index contributed by atoms with van der Waals surface area (Å²) in [6.07, 6.45) is 44.6. The standard InChI is InChI=1S/C50H91NO7/c1-3-5-7-9-11-13-15-17-19-21-23-25-27-29-32-36-48(53)56-43-47(45-58-50(55)38-34-31-35-39-51-40-46(41-51)42-52)44-57-49(54)37-33-30-28-26-24-22-20-18-16-14-12-10-8-6-4-2/h17-20,46-47,52H,3-16,21-45H2,1-2H3/b19-17-,20-18-. The smallest absolute Gasteiger partial charge is 0.305 e. The zero-order valence-electron chi connectivity index (χ0n) is 37.9. The zero-order chi connectivity index (χ0) is 42.0. The van der Waals surface area contributed by atoms with E-state index in [-0.39, 0.29) is 50.3 Å². The number of nitrogens with zero attached hydrogens (tertiary/aromatic N) is 1. The van der Waals surface area contributed by atoms with Gasteiger partial charge in [-0.15, -0.1) is 0 Å². The van der Waals surface area contributed by atoms with Crippen LogP contribution in [0.5, 0.6) is 0 Å². The van der Waals surface area contributed by atoms with Crippen molar-refractivity contribution in [2.24, 2.45) is 11.8 Å². The van der Waals surface area contributed by atoms with Gasteiger partial charge in [0.1, 0.15) is 19.8 Å². The highest BCUT2D eigenvalue weighted by Gasteiger charge is 2.24. The molecular formula is C50H91NO7. The minimum absolute atomic E-state index is 0.0660. The predicted molar refractivity (Wildman–Crippen MR) is 241 cm³/mol. The fraction of sp³-hybridized carbons (Fsp3) is 0.860. The van der Waals surface area contributed by atoms with Crippen molar-refractivity contribution in [1.29, 1.82) is 0 Å². The van der Waals surface area contributed by atoms with Crippen molar-refractivity contribution in [2.75, 3.05) is 46.1 Å². The van der Waals surface area contributed by atoms with Gasteiger partial charge in [-0.2, -0.15) is 0 Å². The Hall–Kier alpha value is -2.19. The molecule has 1 fully saturated rings. The van der Waals surface area contributed by atoms with Crippen LogP contribution in [0.4, 0.5) is 0 Å². The van der Waals surface area contributed by atoms with Crippen molar-refractivity contribution in [1.82, 2.24) is 4.90 Å². The van der Waals surface area contributed by atoms with E-state index >= 15 is 0 Å². The molecule has 0 aromatic heterocycles. The molecule has 1 heterocycles. The third-order valence-corrected chi connectivity index (χ3v) is 11.4. The molecule has 0 unspecified atom stereocenters. The summed E-state index contributed by atoms with van der Waals surface area (Å²) in [7, 11) is 0. The first-order chi connectivity index (χ1) is 28.5. The Labute approximate surface area is 357 Å². The third-order valence-electron chi connectivity index (χ3n) is 11.4. The molecule has 0 radical (unpaired) electrons. The number of unbranched alkanes of at least 4 members (excludes halogenated alkanes) is 24. The van der Waals surface area contributed by atoms with E-state index < -0.39 is 0 Å². The molecule has 0 aliphatic carbocycles. The molecule has 0 aromatic carbocycles. The zero-order valence-corrected chi connectivity index (χ0v) is 37.9. The Bertz CT molecular complexity index is 952. The minimum atomic E-state index is -0.383. The molecule has 8 nitrogen and oxygen atoms in total. The van der Waals surface area contributed by atoms with Gasteiger partial charge in [0.2, 0.25) is 0 Å². The lowest BCUT2D eigenvalue weighted by Crippen LogP contribution is -2.48. The number of aliphatic hydroxyl groups excluding tert-OH is 1. The maximum absolute atomic E-state index is 12.6. The van der Waals surface area contributed by atoms with Crippen molar-refractivity contribution >= 4 is 17.9 Å². The number of hydrogen-bond donors (Lipinski definition) is 1. The third kappa shape index (κ3) is 35.7. The van der Waals surface area contributed by atoms with E-state index in [9.17, 15) is 19.5 Å². The number of aliphatic hydroxyl groups is 1. The Balaban J connectivity index is 2.25. The lowest BCUT2D eigenvalue weighted by Gasteiger charge is -2.38. The first-order valence-electron chi connectivity index (χ1n) is 24.6. The van der Waals surface area contributed by atoms with Crippen LogP contribution in [-0.2, 0) is 28.6 Å². The SMILES string of the molecule is CCCCCCCC/C=C\CCCCCCCC(=O)OCC(COC(=O)CCCCCCC/C=C\CCCCCCCC)COC(=O)CCCCCN1CC(CO)C1. The van der Waals surface area contributed by atoms with Gasteiger partial charge < -0.3 is 24.2 Å². The molecule has 0 atom stereocenters. The molecule has 58 heavy (non-hydrogen) atoms. The number of likely N-dealkylation sites (tertiary alicyclic amines) is 1. The number of carbonyl (C=O) groups excluding carboxylic acids is 3. The predicted octanol–water partition coefficient (Wildman–Crippen LogP) is 12.8. The molecule has 0 spiro atoms. The van der Waals surface area contributed by atoms with E-state index in [1.807, 2.05) is 0 Å². The number of rotatable bonds is 43. The molecule has 1 aliphatic heterocycles. The summed E-state index contributed by atoms with van der Waals surface area (Å²) in [5.74, 6) is -0.734. The van der Waals surface area contributed by atoms with Crippen LogP contribution in [0, 0.1) is 11.8 Å². The van der Waals surface area contributed by atoms with Crippen LogP contribution in [0.15, 0.2) is 24.3 Å². The number of ether oxygens (including phenoxy) is 3. The van der Waals surface area contributed by atoms with Crippen molar-refractivity contribution in [3.05, 3.63) is 24.3 Å². The molecule has 1 rings (SSSR count). The van der Waals surface area contributed by atoms with Crippen molar-refractivity contribution in [3.8, 4) is 0 Å². The van der Waals surface area contributed by atoms with Crippen molar-refractivity contribution < 1.29 is 33.7 Å². The van der Waals surface area contributed by atoms with Crippen LogP contribution in [0.3, 0.4) is 0 Å². The van der Waals surface area contributed by atoms with Gasteiger partial charge in [0.15, 0.2) is 0 Å². The summed E-state index contributed by atoms with van der Waals surface area (Å²) in [6.45, 7) is 7.91. The molecule has 8 heteroatoms. The second-order valence-electron chi connectivity index (χ2n) is 17.2. The lowest BCUT2D eigenvalue weighted by molar-refractivity contribution is -0.153. The van der Waals surface area contributed by atoms with Crippen molar-refractivity contribution in [3.63, 3.8) is 0 Å². The Morgan fingerprint density at radius 2 is 0.793 bits per heavy atom. The maximum atomic E-state index is 12.6. The second-order valence-corrected chi connectivity index (χ2v) is 17.2. The average Bonchev–Trinajstić information content (AvgIpc) is 3.20. The summed E-state index contributed by atoms with van der Waals surface area (Å²) in [6, 6.07) is 0. The monoisotopic (exact) mass is 818 g/mol. The first-order valence-corrected chi connectivity index (χ1v) is 24.6. The highest BCUT2D eigenvalue weighted by Crippen LogP contribution is 2.17. The molecule has 1 N–H and O–H groups in total. The number of hydrogen-bond acceptors (Lipinski definition) is 8. The minimum Gasteiger partial charge on any atom is -0.465 e. The summed E-state index contributed by atoms with van der Waals surface area (Å²) < 4.78 is 16.7. The van der Waals surface area contributed by atoms with E-state index in [1.165, 1.54) is 116 Å². The maximum Gasteiger partial charge on any atom is 0.305 e. The largest absolute Gasteiger partial charge is 0.465 e. The van der Waals surface area contributed by atoms with Crippen molar-refractivity contribution in [2.45, 2.75) is 219 Å². The highest BCUT2D eigenvalue weighted by atomic mass is 16.6. The molecule has 1 aliphatic rings. The molecular weight excluding hydrogens is 727 g/mol. The van der Waals surface area contributed by atoms with E-state index in [0.717, 1.165) is 90.3 Å². The number of allylic oxidation sites excluding steroid dienone is 4. The van der Waals surface area contributed by atoms with E-state index in [2.05, 4.69) is 43.1 Å². The van der Waals surface area contributed by atoms with Gasteiger partial charge in [0, 0.05) is 44.9 Å². The van der Waals surface area contributed by atoms with Crippen LogP contribution in [-0.4, -0.2) is 74.0 Å². The van der Waals surface area contributed by atoms with Gasteiger partial charge in [-0.1, -0.05) is 147 Å². The summed E-state index contributed by atoms with van der Waals surface area (Å²) in [5.41, 5.74) is 0. The van der Waals surface area contributed by atoms with Crippen LogP contribution < -0.4 is 0 Å². The lowest BCUT2D eigenvalue weighted by atomic mass is 10.0. The molecule has 0 aromatic rings. The van der Waals surface area contributed by atoms with Gasteiger partial charge in [-0.25, -0.2) is 0 Å². The highest BCUT2D eigenvalue weighted by molar-refractivity contribution is 5.70. The van der Waals surface area contributed by atoms with Gasteiger partial charge in [0.05, 0.1) is 5.92 Å². The molecule has 338 valence electrons. The molecule has 0 saturated carbocycles. The van der Waals surface area contributed by atoms with Crippen LogP contribution >= 0.6 is 0 Å². The first kappa shape index (κ1) is 53.8. The van der Waals surface area contributed by atoms with Gasteiger partial charge in [-0.3, -0.25) is 14.4 Å². The quantitative estimate of drug-likeness (QED) is 0.0281. The summed E-state index contributed by atoms with van der Waals surface area (Å²) in [4.78, 5) is 40.0. The summed E-state index contributed by atoms with van der Waals surface area (Å²) in [5, 5.41) is 9.18. The number of carbonyl (C=O) groups is 3. The van der Waals surface area contributed by atoms with E-state index in [4.69, 9.17) is 14.2 Å². The number of esters is 3. The van der Waals surface area contributed by atoms with Crippen LogP contribution in [0.25, 0.3) is 0 Å². The Morgan fingerprint density at radius 1 is 0.483 bits per heavy atom. The van der Waals surface area contributed by atoms with Gasteiger partial charge in [-0.05, 0) is 83.6 Å². The van der Waals surface area contributed by atoms with Gasteiger partial charge in [0.25, 0.3) is 0 Å². The molecule has 0 bridgehead atoms. The summed E-state index contributed by atoms with van der Waals surface area (Å²) >= 11 is 0. The van der Waals surface area contributed by atoms with E-state index in [0.29, 0.717) is 25.2 Å². The topological polar surface area (TPSA) is 102 Å². The molecule has 0 amide bonds. The average molecular weight is 818 g/mol. The van der Waals surface area contributed by atoms with Gasteiger partial charge >= 0.3 is 17.9 Å². The Kier molecular flexibility index (Phi) is 38.6. The van der Waals surface area contributed by atoms with Crippen LogP contribution in [0.2, 0.25) is 0 Å². The van der Waals surface area contributed by atoms with E-state index in [1.54, 1.807) is 0 Å². The second kappa shape index (κ2) is 41.5. The normalized spacial score (nSPS) is 13.5.